The second-order valence-electron chi connectivity index (χ2n) is 5.43. The third kappa shape index (κ3) is 3.43. The molecule has 0 aromatic carbocycles. The summed E-state index contributed by atoms with van der Waals surface area (Å²) >= 11 is 0. The summed E-state index contributed by atoms with van der Waals surface area (Å²) in [6, 6.07) is 9.13. The summed E-state index contributed by atoms with van der Waals surface area (Å²) in [4.78, 5) is 15.8. The molecule has 0 atom stereocenters. The van der Waals surface area contributed by atoms with Gasteiger partial charge in [-0.3, -0.25) is 9.78 Å². The first-order valence-corrected chi connectivity index (χ1v) is 7.57. The number of hydrogen-bond acceptors (Lipinski definition) is 4. The Hall–Kier alpha value is -3.15. The second-order valence-corrected chi connectivity index (χ2v) is 5.43. The SMILES string of the molecule is Cc1cc(/C=N\NC(=O)c2ccncc2)c(C)n1Cc1ccco1. The molecule has 0 radical (unpaired) electrons. The highest BCUT2D eigenvalue weighted by atomic mass is 16.3. The second kappa shape index (κ2) is 6.95. The van der Waals surface area contributed by atoms with Gasteiger partial charge in [0.15, 0.2) is 0 Å². The summed E-state index contributed by atoms with van der Waals surface area (Å²) < 4.78 is 7.55. The van der Waals surface area contributed by atoms with Crippen molar-refractivity contribution in [2.75, 3.05) is 0 Å². The van der Waals surface area contributed by atoms with Gasteiger partial charge in [-0.25, -0.2) is 5.43 Å². The maximum absolute atomic E-state index is 11.9. The first-order chi connectivity index (χ1) is 11.6. The van der Waals surface area contributed by atoms with Crippen LogP contribution >= 0.6 is 0 Å². The van der Waals surface area contributed by atoms with Crippen LogP contribution in [0.3, 0.4) is 0 Å². The molecule has 122 valence electrons. The van der Waals surface area contributed by atoms with E-state index in [1.54, 1.807) is 37.0 Å². The zero-order valence-corrected chi connectivity index (χ0v) is 13.6. The molecule has 0 aliphatic heterocycles. The molecule has 0 saturated heterocycles. The number of rotatable bonds is 5. The number of hydrogen-bond donors (Lipinski definition) is 1. The average molecular weight is 322 g/mol. The zero-order chi connectivity index (χ0) is 16.9. The molecule has 6 heteroatoms. The minimum atomic E-state index is -0.266. The molecule has 0 aliphatic rings. The monoisotopic (exact) mass is 322 g/mol. The van der Waals surface area contributed by atoms with Gasteiger partial charge in [-0.15, -0.1) is 0 Å². The van der Waals surface area contributed by atoms with E-state index in [4.69, 9.17) is 4.42 Å². The van der Waals surface area contributed by atoms with E-state index < -0.39 is 0 Å². The van der Waals surface area contributed by atoms with Crippen LogP contribution in [0, 0.1) is 13.8 Å². The quantitative estimate of drug-likeness (QED) is 0.580. The maximum Gasteiger partial charge on any atom is 0.271 e. The van der Waals surface area contributed by atoms with Gasteiger partial charge in [0.1, 0.15) is 5.76 Å². The molecular formula is C18H18N4O2. The first kappa shape index (κ1) is 15.7. The van der Waals surface area contributed by atoms with Crippen LogP contribution in [-0.4, -0.2) is 21.7 Å². The van der Waals surface area contributed by atoms with Crippen molar-refractivity contribution in [3.63, 3.8) is 0 Å². The highest BCUT2D eigenvalue weighted by Gasteiger charge is 2.09. The summed E-state index contributed by atoms with van der Waals surface area (Å²) in [6.45, 7) is 4.71. The number of aryl methyl sites for hydroxylation is 1. The van der Waals surface area contributed by atoms with E-state index in [1.165, 1.54) is 0 Å². The molecule has 0 spiro atoms. The Morgan fingerprint density at radius 3 is 2.83 bits per heavy atom. The normalized spacial score (nSPS) is 11.1. The van der Waals surface area contributed by atoms with E-state index in [9.17, 15) is 4.79 Å². The number of carbonyl (C=O) groups excluding carboxylic acids is 1. The lowest BCUT2D eigenvalue weighted by atomic mass is 10.2. The molecule has 3 aromatic heterocycles. The Kier molecular flexibility index (Phi) is 4.56. The maximum atomic E-state index is 11.9. The smallest absolute Gasteiger partial charge is 0.271 e. The molecule has 0 fully saturated rings. The van der Waals surface area contributed by atoms with Gasteiger partial charge in [0, 0.05) is 34.9 Å². The summed E-state index contributed by atoms with van der Waals surface area (Å²) in [5.74, 6) is 0.629. The van der Waals surface area contributed by atoms with Crippen molar-refractivity contribution in [1.82, 2.24) is 15.0 Å². The fourth-order valence-electron chi connectivity index (χ4n) is 2.49. The van der Waals surface area contributed by atoms with Gasteiger partial charge in [-0.05, 0) is 44.2 Å². The number of hydrazone groups is 1. The van der Waals surface area contributed by atoms with Gasteiger partial charge >= 0.3 is 0 Å². The number of aromatic nitrogens is 2. The molecule has 1 N–H and O–H groups in total. The van der Waals surface area contributed by atoms with Crippen molar-refractivity contribution in [3.8, 4) is 0 Å². The predicted molar refractivity (Wildman–Crippen MR) is 91.0 cm³/mol. The lowest BCUT2D eigenvalue weighted by molar-refractivity contribution is 0.0955. The van der Waals surface area contributed by atoms with Crippen molar-refractivity contribution in [2.24, 2.45) is 5.10 Å². The van der Waals surface area contributed by atoms with E-state index in [2.05, 4.69) is 20.1 Å². The van der Waals surface area contributed by atoms with Crippen molar-refractivity contribution in [1.29, 1.82) is 0 Å². The van der Waals surface area contributed by atoms with E-state index in [0.717, 1.165) is 22.7 Å². The van der Waals surface area contributed by atoms with Gasteiger partial charge in [0.2, 0.25) is 0 Å². The minimum absolute atomic E-state index is 0.266. The number of carbonyl (C=O) groups is 1. The third-order valence-electron chi connectivity index (χ3n) is 3.82. The van der Waals surface area contributed by atoms with E-state index in [-0.39, 0.29) is 5.91 Å². The van der Waals surface area contributed by atoms with Crippen LogP contribution in [0.4, 0.5) is 0 Å². The summed E-state index contributed by atoms with van der Waals surface area (Å²) in [5.41, 5.74) is 6.16. The van der Waals surface area contributed by atoms with Crippen LogP contribution in [-0.2, 0) is 6.54 Å². The van der Waals surface area contributed by atoms with Gasteiger partial charge in [0.25, 0.3) is 5.91 Å². The molecule has 0 unspecified atom stereocenters. The summed E-state index contributed by atoms with van der Waals surface area (Å²) in [5, 5.41) is 4.05. The highest BCUT2D eigenvalue weighted by Crippen LogP contribution is 2.16. The minimum Gasteiger partial charge on any atom is -0.467 e. The Bertz CT molecular complexity index is 849. The van der Waals surface area contributed by atoms with E-state index in [1.807, 2.05) is 32.0 Å². The molecule has 0 saturated carbocycles. The zero-order valence-electron chi connectivity index (χ0n) is 13.6. The van der Waals surface area contributed by atoms with Crippen LogP contribution in [0.25, 0.3) is 0 Å². The van der Waals surface area contributed by atoms with Crippen LogP contribution < -0.4 is 5.43 Å². The first-order valence-electron chi connectivity index (χ1n) is 7.57. The van der Waals surface area contributed by atoms with Crippen LogP contribution in [0.15, 0.2) is 58.5 Å². The summed E-state index contributed by atoms with van der Waals surface area (Å²) in [7, 11) is 0. The third-order valence-corrected chi connectivity index (χ3v) is 3.82. The van der Waals surface area contributed by atoms with Crippen molar-refractivity contribution in [2.45, 2.75) is 20.4 Å². The fourth-order valence-corrected chi connectivity index (χ4v) is 2.49. The molecule has 6 nitrogen and oxygen atoms in total. The largest absolute Gasteiger partial charge is 0.467 e. The number of nitrogens with one attached hydrogen (secondary N) is 1. The van der Waals surface area contributed by atoms with Crippen molar-refractivity contribution >= 4 is 12.1 Å². The van der Waals surface area contributed by atoms with E-state index >= 15 is 0 Å². The number of pyridine rings is 1. The van der Waals surface area contributed by atoms with E-state index in [0.29, 0.717) is 12.1 Å². The summed E-state index contributed by atoms with van der Waals surface area (Å²) in [6.07, 6.45) is 6.46. The van der Waals surface area contributed by atoms with Gasteiger partial charge < -0.3 is 8.98 Å². The predicted octanol–water partition coefficient (Wildman–Crippen LogP) is 2.91. The highest BCUT2D eigenvalue weighted by molar-refractivity contribution is 5.94. The standard InChI is InChI=1S/C18H18N4O2/c1-13-10-16(14(2)22(13)12-17-4-3-9-24-17)11-20-21-18(23)15-5-7-19-8-6-15/h3-11H,12H2,1-2H3,(H,21,23)/b20-11-. The Morgan fingerprint density at radius 1 is 1.33 bits per heavy atom. The average Bonchev–Trinajstić information content (AvgIpc) is 3.20. The molecule has 3 heterocycles. The van der Waals surface area contributed by atoms with Crippen LogP contribution in [0.2, 0.25) is 0 Å². The van der Waals surface area contributed by atoms with Crippen molar-refractivity contribution < 1.29 is 9.21 Å². The van der Waals surface area contributed by atoms with Gasteiger partial charge in [-0.1, -0.05) is 0 Å². The Labute approximate surface area is 139 Å². The Balaban J connectivity index is 1.70. The fraction of sp³-hybridized carbons (Fsp3) is 0.167. The lowest BCUT2D eigenvalue weighted by Crippen LogP contribution is -2.17. The molecule has 0 bridgehead atoms. The molecule has 1 amide bonds. The van der Waals surface area contributed by atoms with Crippen LogP contribution in [0.1, 0.15) is 33.1 Å². The van der Waals surface area contributed by atoms with Gasteiger partial charge in [-0.2, -0.15) is 5.10 Å². The lowest BCUT2D eigenvalue weighted by Gasteiger charge is -2.07. The Morgan fingerprint density at radius 2 is 2.12 bits per heavy atom. The number of furan rings is 1. The van der Waals surface area contributed by atoms with Crippen molar-refractivity contribution in [3.05, 3.63) is 77.3 Å². The topological polar surface area (TPSA) is 72.4 Å². The molecule has 24 heavy (non-hydrogen) atoms. The molecule has 0 aliphatic carbocycles. The van der Waals surface area contributed by atoms with Gasteiger partial charge in [0.05, 0.1) is 19.0 Å². The number of nitrogens with zero attached hydrogens (tertiary/aromatic N) is 3. The molecule has 3 rings (SSSR count). The number of amides is 1. The molecular weight excluding hydrogens is 304 g/mol. The molecule has 3 aromatic rings. The van der Waals surface area contributed by atoms with Crippen LogP contribution in [0.5, 0.6) is 0 Å².